The molecule has 0 saturated carbocycles. The molecule has 48 valence electrons. The lowest BCUT2D eigenvalue weighted by atomic mass is 10.3. The van der Waals surface area contributed by atoms with E-state index in [1.165, 1.54) is 5.70 Å². The fraction of sp³-hybridized carbons (Fsp3) is 0.714. The van der Waals surface area contributed by atoms with E-state index >= 15 is 0 Å². The van der Waals surface area contributed by atoms with Crippen molar-refractivity contribution in [1.82, 2.24) is 4.90 Å². The van der Waals surface area contributed by atoms with Gasteiger partial charge in [0.25, 0.3) is 0 Å². The summed E-state index contributed by atoms with van der Waals surface area (Å²) in [6.07, 6.45) is 3.34. The second-order valence-corrected chi connectivity index (χ2v) is 2.15. The Kier molecular flexibility index (Phi) is 3.33. The molecular formula is C7H15N. The second kappa shape index (κ2) is 3.53. The molecule has 0 amide bonds. The summed E-state index contributed by atoms with van der Waals surface area (Å²) in [5, 5.41) is 0. The Bertz CT molecular complexity index is 82.4. The first kappa shape index (κ1) is 7.54. The maximum atomic E-state index is 2.21. The zero-order valence-corrected chi connectivity index (χ0v) is 6.23. The Morgan fingerprint density at radius 1 is 1.50 bits per heavy atom. The molecule has 1 nitrogen and oxygen atoms in total. The van der Waals surface area contributed by atoms with Gasteiger partial charge in [-0.05, 0) is 13.3 Å². The molecule has 0 aromatic heterocycles. The van der Waals surface area contributed by atoms with Crippen LogP contribution in [-0.2, 0) is 0 Å². The smallest absolute Gasteiger partial charge is 0.00579 e. The third-order valence-electron chi connectivity index (χ3n) is 1.20. The second-order valence-electron chi connectivity index (χ2n) is 2.15. The number of rotatable bonds is 2. The van der Waals surface area contributed by atoms with Crippen LogP contribution >= 0.6 is 0 Å². The molecule has 0 rings (SSSR count). The van der Waals surface area contributed by atoms with Crippen LogP contribution in [0.4, 0.5) is 0 Å². The zero-order chi connectivity index (χ0) is 6.57. The molecule has 0 heterocycles. The van der Waals surface area contributed by atoms with E-state index < -0.39 is 0 Å². The average molecular weight is 113 g/mol. The topological polar surface area (TPSA) is 3.24 Å². The molecule has 0 radical (unpaired) electrons. The van der Waals surface area contributed by atoms with Gasteiger partial charge in [-0.2, -0.15) is 0 Å². The highest BCUT2D eigenvalue weighted by Crippen LogP contribution is 1.96. The van der Waals surface area contributed by atoms with E-state index in [0.29, 0.717) is 0 Å². The van der Waals surface area contributed by atoms with Crippen LogP contribution < -0.4 is 0 Å². The number of nitrogens with zero attached hydrogens (tertiary/aromatic N) is 1. The standard InChI is InChI=1S/C7H15N/c1-5-6-7(2)8(3)4/h6H,5H2,1-4H3/b7-6+. The van der Waals surface area contributed by atoms with Gasteiger partial charge in [0.2, 0.25) is 0 Å². The fourth-order valence-corrected chi connectivity index (χ4v) is 0.478. The van der Waals surface area contributed by atoms with Gasteiger partial charge in [-0.25, -0.2) is 0 Å². The van der Waals surface area contributed by atoms with Crippen LogP contribution in [0.15, 0.2) is 11.8 Å². The van der Waals surface area contributed by atoms with Crippen molar-refractivity contribution in [2.45, 2.75) is 20.3 Å². The Morgan fingerprint density at radius 2 is 2.00 bits per heavy atom. The van der Waals surface area contributed by atoms with Gasteiger partial charge in [0, 0.05) is 19.8 Å². The van der Waals surface area contributed by atoms with Crippen LogP contribution in [0.1, 0.15) is 20.3 Å². The minimum absolute atomic E-state index is 1.13. The molecule has 0 atom stereocenters. The summed E-state index contributed by atoms with van der Waals surface area (Å²) in [4.78, 5) is 2.11. The minimum atomic E-state index is 1.13. The Hall–Kier alpha value is -0.460. The van der Waals surface area contributed by atoms with Gasteiger partial charge in [-0.3, -0.25) is 0 Å². The molecule has 0 N–H and O–H groups in total. The van der Waals surface area contributed by atoms with Gasteiger partial charge in [0.15, 0.2) is 0 Å². The van der Waals surface area contributed by atoms with Gasteiger partial charge in [0.1, 0.15) is 0 Å². The monoisotopic (exact) mass is 113 g/mol. The average Bonchev–Trinajstić information content (AvgIpc) is 1.67. The molecule has 0 unspecified atom stereocenters. The van der Waals surface area contributed by atoms with Gasteiger partial charge < -0.3 is 4.90 Å². The molecule has 0 aromatic carbocycles. The summed E-state index contributed by atoms with van der Waals surface area (Å²) in [5.74, 6) is 0. The highest BCUT2D eigenvalue weighted by Gasteiger charge is 1.85. The van der Waals surface area contributed by atoms with E-state index in [-0.39, 0.29) is 0 Å². The normalized spacial score (nSPS) is 11.8. The van der Waals surface area contributed by atoms with Crippen molar-refractivity contribution in [1.29, 1.82) is 0 Å². The first-order valence-electron chi connectivity index (χ1n) is 3.02. The third-order valence-corrected chi connectivity index (χ3v) is 1.20. The molecule has 0 spiro atoms. The van der Waals surface area contributed by atoms with Crippen molar-refractivity contribution in [3.63, 3.8) is 0 Å². The van der Waals surface area contributed by atoms with E-state index in [4.69, 9.17) is 0 Å². The predicted octanol–water partition coefficient (Wildman–Crippen LogP) is 1.86. The van der Waals surface area contributed by atoms with E-state index in [1.54, 1.807) is 0 Å². The molecule has 0 aliphatic heterocycles. The highest BCUT2D eigenvalue weighted by molar-refractivity contribution is 4.93. The third kappa shape index (κ3) is 2.67. The van der Waals surface area contributed by atoms with Crippen LogP contribution in [0.25, 0.3) is 0 Å². The molecule has 8 heavy (non-hydrogen) atoms. The van der Waals surface area contributed by atoms with Crippen LogP contribution in [0.3, 0.4) is 0 Å². The highest BCUT2D eigenvalue weighted by atomic mass is 15.1. The molecule has 0 saturated heterocycles. The van der Waals surface area contributed by atoms with E-state index in [1.807, 2.05) is 0 Å². The van der Waals surface area contributed by atoms with Gasteiger partial charge in [-0.1, -0.05) is 13.0 Å². The predicted molar refractivity (Wildman–Crippen MR) is 37.7 cm³/mol. The summed E-state index contributed by atoms with van der Waals surface area (Å²) in [5.41, 5.74) is 1.34. The molecule has 0 aliphatic rings. The molecular weight excluding hydrogens is 98.1 g/mol. The van der Waals surface area contributed by atoms with Crippen LogP contribution in [0.2, 0.25) is 0 Å². The largest absolute Gasteiger partial charge is 0.381 e. The van der Waals surface area contributed by atoms with Crippen LogP contribution in [0, 0.1) is 0 Å². The number of hydrogen-bond acceptors (Lipinski definition) is 1. The van der Waals surface area contributed by atoms with Gasteiger partial charge in [0.05, 0.1) is 0 Å². The zero-order valence-electron chi connectivity index (χ0n) is 6.23. The fourth-order valence-electron chi connectivity index (χ4n) is 0.478. The molecule has 1 heteroatoms. The Labute approximate surface area is 52.0 Å². The van der Waals surface area contributed by atoms with Crippen LogP contribution in [-0.4, -0.2) is 19.0 Å². The van der Waals surface area contributed by atoms with E-state index in [2.05, 4.69) is 38.9 Å². The van der Waals surface area contributed by atoms with Crippen molar-refractivity contribution in [2.75, 3.05) is 14.1 Å². The van der Waals surface area contributed by atoms with Crippen molar-refractivity contribution in [2.24, 2.45) is 0 Å². The summed E-state index contributed by atoms with van der Waals surface area (Å²) < 4.78 is 0. The maximum absolute atomic E-state index is 2.21. The molecule has 0 fully saturated rings. The van der Waals surface area contributed by atoms with Crippen molar-refractivity contribution < 1.29 is 0 Å². The van der Waals surface area contributed by atoms with Crippen molar-refractivity contribution in [3.05, 3.63) is 11.8 Å². The summed E-state index contributed by atoms with van der Waals surface area (Å²) in [7, 11) is 4.11. The molecule has 0 bridgehead atoms. The maximum Gasteiger partial charge on any atom is 0.00579 e. The summed E-state index contributed by atoms with van der Waals surface area (Å²) in [6, 6.07) is 0. The lowest BCUT2D eigenvalue weighted by Crippen LogP contribution is -2.07. The summed E-state index contributed by atoms with van der Waals surface area (Å²) in [6.45, 7) is 4.26. The lowest BCUT2D eigenvalue weighted by Gasteiger charge is -2.11. The van der Waals surface area contributed by atoms with E-state index in [0.717, 1.165) is 6.42 Å². The molecule has 0 aliphatic carbocycles. The van der Waals surface area contributed by atoms with Gasteiger partial charge in [-0.15, -0.1) is 0 Å². The minimum Gasteiger partial charge on any atom is -0.381 e. The molecule has 0 aromatic rings. The number of hydrogen-bond donors (Lipinski definition) is 0. The first-order valence-corrected chi connectivity index (χ1v) is 3.02. The SMILES string of the molecule is CC/C=C(\C)N(C)C. The number of allylic oxidation sites excluding steroid dienone is 2. The van der Waals surface area contributed by atoms with Crippen LogP contribution in [0.5, 0.6) is 0 Å². The Morgan fingerprint density at radius 3 is 2.12 bits per heavy atom. The van der Waals surface area contributed by atoms with Crippen molar-refractivity contribution in [3.8, 4) is 0 Å². The van der Waals surface area contributed by atoms with E-state index in [9.17, 15) is 0 Å². The summed E-state index contributed by atoms with van der Waals surface area (Å²) >= 11 is 0. The lowest BCUT2D eigenvalue weighted by molar-refractivity contribution is 0.511. The quantitative estimate of drug-likeness (QED) is 0.528. The Balaban J connectivity index is 3.61. The first-order chi connectivity index (χ1) is 3.68. The van der Waals surface area contributed by atoms with Gasteiger partial charge >= 0.3 is 0 Å². The van der Waals surface area contributed by atoms with Crippen molar-refractivity contribution >= 4 is 0 Å².